The van der Waals surface area contributed by atoms with E-state index in [1.807, 2.05) is 0 Å². The van der Waals surface area contributed by atoms with E-state index in [1.165, 1.54) is 23.3 Å². The quantitative estimate of drug-likeness (QED) is 0.726. The zero-order valence-electron chi connectivity index (χ0n) is 8.46. The molecular weight excluding hydrogens is 210 g/mol. The van der Waals surface area contributed by atoms with Crippen molar-refractivity contribution >= 4 is 12.0 Å². The molecule has 6 heteroatoms. The maximum atomic E-state index is 11.6. The molecule has 1 heterocycles. The van der Waals surface area contributed by atoms with Crippen LogP contribution in [0.1, 0.15) is 6.42 Å². The first-order valence-electron chi connectivity index (χ1n) is 4.76. The molecule has 0 saturated heterocycles. The number of aromatic nitrogens is 2. The second-order valence-corrected chi connectivity index (χ2v) is 3.72. The van der Waals surface area contributed by atoms with Gasteiger partial charge in [0.05, 0.1) is 0 Å². The minimum atomic E-state index is -1.19. The Labute approximate surface area is 91.6 Å². The van der Waals surface area contributed by atoms with Crippen molar-refractivity contribution in [1.82, 2.24) is 14.9 Å². The van der Waals surface area contributed by atoms with E-state index in [-0.39, 0.29) is 5.92 Å². The number of nitrogens with one attached hydrogen (secondary N) is 1. The molecule has 0 aliphatic heterocycles. The number of carboxylic acid groups (broad SMARTS) is 1. The fourth-order valence-electron chi connectivity index (χ4n) is 1.65. The summed E-state index contributed by atoms with van der Waals surface area (Å²) in [4.78, 5) is 26.4. The highest BCUT2D eigenvalue weighted by atomic mass is 16.4. The molecule has 1 aromatic heterocycles. The van der Waals surface area contributed by atoms with Gasteiger partial charge in [-0.2, -0.15) is 0 Å². The van der Waals surface area contributed by atoms with E-state index in [0.717, 1.165) is 0 Å². The van der Waals surface area contributed by atoms with Gasteiger partial charge in [-0.15, -0.1) is 6.58 Å². The standard InChI is InChI=1S/C10H11N3O3/c1-2-7-5-10(7,8(14)15)12-9(16)13-4-3-11-6-13/h2-4,6-7H,1,5H2,(H,12,16)(H,14,15)/t7-,10-/m1/s1. The van der Waals surface area contributed by atoms with Gasteiger partial charge in [0.25, 0.3) is 0 Å². The number of carbonyl (C=O) groups is 2. The molecule has 84 valence electrons. The minimum Gasteiger partial charge on any atom is -0.479 e. The maximum Gasteiger partial charge on any atom is 0.330 e. The van der Waals surface area contributed by atoms with Gasteiger partial charge >= 0.3 is 12.0 Å². The molecule has 1 fully saturated rings. The van der Waals surface area contributed by atoms with Gasteiger partial charge in [-0.05, 0) is 6.42 Å². The average Bonchev–Trinajstić information content (AvgIpc) is 2.74. The van der Waals surface area contributed by atoms with E-state index in [4.69, 9.17) is 5.11 Å². The van der Waals surface area contributed by atoms with Crippen LogP contribution < -0.4 is 5.32 Å². The predicted octanol–water partition coefficient (Wildman–Crippen LogP) is 0.470. The minimum absolute atomic E-state index is 0.211. The zero-order valence-corrected chi connectivity index (χ0v) is 8.46. The van der Waals surface area contributed by atoms with Gasteiger partial charge < -0.3 is 10.4 Å². The Morgan fingerprint density at radius 2 is 2.44 bits per heavy atom. The second kappa shape index (κ2) is 3.48. The predicted molar refractivity (Wildman–Crippen MR) is 54.8 cm³/mol. The third-order valence-electron chi connectivity index (χ3n) is 2.75. The first-order valence-corrected chi connectivity index (χ1v) is 4.76. The van der Waals surface area contributed by atoms with Crippen molar-refractivity contribution in [3.8, 4) is 0 Å². The van der Waals surface area contributed by atoms with Crippen molar-refractivity contribution in [3.05, 3.63) is 31.4 Å². The summed E-state index contributed by atoms with van der Waals surface area (Å²) < 4.78 is 1.20. The fraction of sp³-hybridized carbons (Fsp3) is 0.300. The first kappa shape index (κ1) is 10.4. The van der Waals surface area contributed by atoms with E-state index in [9.17, 15) is 9.59 Å². The van der Waals surface area contributed by atoms with E-state index in [1.54, 1.807) is 6.08 Å². The molecule has 0 bridgehead atoms. The lowest BCUT2D eigenvalue weighted by molar-refractivity contribution is -0.140. The van der Waals surface area contributed by atoms with Gasteiger partial charge in [-0.3, -0.25) is 4.57 Å². The van der Waals surface area contributed by atoms with Crippen molar-refractivity contribution in [2.45, 2.75) is 12.0 Å². The summed E-state index contributed by atoms with van der Waals surface area (Å²) in [6.07, 6.45) is 6.14. The fourth-order valence-corrected chi connectivity index (χ4v) is 1.65. The molecular formula is C10H11N3O3. The van der Waals surface area contributed by atoms with Gasteiger partial charge in [0.1, 0.15) is 11.9 Å². The lowest BCUT2D eigenvalue weighted by atomic mass is 10.2. The number of nitrogens with zero attached hydrogens (tertiary/aromatic N) is 2. The maximum absolute atomic E-state index is 11.6. The summed E-state index contributed by atoms with van der Waals surface area (Å²) in [5, 5.41) is 11.5. The number of hydrogen-bond acceptors (Lipinski definition) is 3. The third-order valence-corrected chi connectivity index (χ3v) is 2.75. The molecule has 16 heavy (non-hydrogen) atoms. The molecule has 0 unspecified atom stereocenters. The molecule has 1 aliphatic carbocycles. The van der Waals surface area contributed by atoms with Crippen molar-refractivity contribution in [1.29, 1.82) is 0 Å². The number of carbonyl (C=O) groups excluding carboxylic acids is 1. The van der Waals surface area contributed by atoms with Crippen molar-refractivity contribution in [3.63, 3.8) is 0 Å². The number of rotatable bonds is 3. The Hall–Kier alpha value is -2.11. The number of aliphatic carboxylic acids is 1. The van der Waals surface area contributed by atoms with Crippen LogP contribution in [-0.4, -0.2) is 32.2 Å². The molecule has 1 amide bonds. The Bertz CT molecular complexity index is 440. The summed E-state index contributed by atoms with van der Waals surface area (Å²) >= 11 is 0. The summed E-state index contributed by atoms with van der Waals surface area (Å²) in [7, 11) is 0. The zero-order chi connectivity index (χ0) is 11.8. The van der Waals surface area contributed by atoms with Crippen molar-refractivity contribution in [2.24, 2.45) is 5.92 Å². The van der Waals surface area contributed by atoms with Crippen LogP contribution in [0.2, 0.25) is 0 Å². The number of hydrogen-bond donors (Lipinski definition) is 2. The van der Waals surface area contributed by atoms with Gasteiger partial charge in [0.2, 0.25) is 0 Å². The largest absolute Gasteiger partial charge is 0.479 e. The molecule has 6 nitrogen and oxygen atoms in total. The second-order valence-electron chi connectivity index (χ2n) is 3.72. The number of carboxylic acids is 1. The van der Waals surface area contributed by atoms with Crippen molar-refractivity contribution in [2.75, 3.05) is 0 Å². The SMILES string of the molecule is C=C[C@@H]1C[C@]1(NC(=O)n1ccnc1)C(=O)O. The van der Waals surface area contributed by atoms with Crippen LogP contribution in [0.4, 0.5) is 4.79 Å². The molecule has 2 N–H and O–H groups in total. The smallest absolute Gasteiger partial charge is 0.330 e. The molecule has 2 rings (SSSR count). The van der Waals surface area contributed by atoms with E-state index in [0.29, 0.717) is 6.42 Å². The number of amides is 1. The van der Waals surface area contributed by atoms with Crippen molar-refractivity contribution < 1.29 is 14.7 Å². The van der Waals surface area contributed by atoms with Crippen LogP contribution in [0.3, 0.4) is 0 Å². The normalized spacial score (nSPS) is 27.1. The highest BCUT2D eigenvalue weighted by Crippen LogP contribution is 2.44. The molecule has 1 aromatic rings. The first-order chi connectivity index (χ1) is 7.60. The van der Waals surface area contributed by atoms with Gasteiger partial charge in [0, 0.05) is 18.3 Å². The monoisotopic (exact) mass is 221 g/mol. The van der Waals surface area contributed by atoms with Gasteiger partial charge in [0.15, 0.2) is 0 Å². The summed E-state index contributed by atoms with van der Waals surface area (Å²) in [5.74, 6) is -1.25. The molecule has 2 atom stereocenters. The highest BCUT2D eigenvalue weighted by molar-refractivity contribution is 5.90. The van der Waals surface area contributed by atoms with E-state index < -0.39 is 17.5 Å². The van der Waals surface area contributed by atoms with Crippen LogP contribution in [0.25, 0.3) is 0 Å². The summed E-state index contributed by atoms with van der Waals surface area (Å²) in [6, 6.07) is -0.496. The summed E-state index contributed by atoms with van der Waals surface area (Å²) in [6.45, 7) is 3.54. The highest BCUT2D eigenvalue weighted by Gasteiger charge is 2.60. The topological polar surface area (TPSA) is 84.2 Å². The summed E-state index contributed by atoms with van der Waals surface area (Å²) in [5.41, 5.74) is -1.19. The van der Waals surface area contributed by atoms with Crippen LogP contribution in [0.15, 0.2) is 31.4 Å². The van der Waals surface area contributed by atoms with Crippen LogP contribution in [-0.2, 0) is 4.79 Å². The van der Waals surface area contributed by atoms with Gasteiger partial charge in [-0.1, -0.05) is 6.08 Å². The Kier molecular flexibility index (Phi) is 2.26. The lowest BCUT2D eigenvalue weighted by Crippen LogP contribution is -2.46. The van der Waals surface area contributed by atoms with Crippen LogP contribution in [0, 0.1) is 5.92 Å². The van der Waals surface area contributed by atoms with Crippen LogP contribution in [0.5, 0.6) is 0 Å². The van der Waals surface area contributed by atoms with Crippen LogP contribution >= 0.6 is 0 Å². The molecule has 0 spiro atoms. The number of imidazole rings is 1. The Morgan fingerprint density at radius 1 is 1.69 bits per heavy atom. The van der Waals surface area contributed by atoms with E-state index >= 15 is 0 Å². The Balaban J connectivity index is 2.12. The third kappa shape index (κ3) is 1.48. The molecule has 1 aliphatic rings. The molecule has 0 aromatic carbocycles. The average molecular weight is 221 g/mol. The van der Waals surface area contributed by atoms with Gasteiger partial charge in [-0.25, -0.2) is 14.6 Å². The molecule has 1 saturated carbocycles. The lowest BCUT2D eigenvalue weighted by Gasteiger charge is -2.13. The Morgan fingerprint density at radius 3 is 2.88 bits per heavy atom. The molecule has 0 radical (unpaired) electrons. The van der Waals surface area contributed by atoms with E-state index in [2.05, 4.69) is 16.9 Å².